The number of nitrogens with zero attached hydrogens (tertiary/aromatic N) is 3. The number of nitrogens with one attached hydrogen (secondary N) is 1. The van der Waals surface area contributed by atoms with E-state index in [-0.39, 0.29) is 17.9 Å². The number of hydrogen-bond acceptors (Lipinski definition) is 4. The summed E-state index contributed by atoms with van der Waals surface area (Å²) in [5.74, 6) is 0.160. The van der Waals surface area contributed by atoms with Gasteiger partial charge in [-0.1, -0.05) is 24.3 Å². The second-order valence-electron chi connectivity index (χ2n) is 9.42. The molecule has 1 N–H and O–H groups in total. The van der Waals surface area contributed by atoms with Crippen molar-refractivity contribution < 1.29 is 9.59 Å². The summed E-state index contributed by atoms with van der Waals surface area (Å²) < 4.78 is 0. The minimum atomic E-state index is -0.0750. The highest BCUT2D eigenvalue weighted by atomic mass is 16.2. The summed E-state index contributed by atoms with van der Waals surface area (Å²) in [5, 5.41) is 2.83. The van der Waals surface area contributed by atoms with Crippen molar-refractivity contribution in [3.8, 4) is 0 Å². The standard InChI is InChI=1S/C27H36N4O2/c1-20-6-7-21(2)25(18-20)30-14-16-31(17-15-30)27(33)19-26(29-12-4-5-13-29)23-8-10-24(11-9-23)28-22(3)32/h6-11,18,26H,4-5,12-17,19H2,1-3H3,(H,28,32). The Morgan fingerprint density at radius 2 is 1.58 bits per heavy atom. The highest BCUT2D eigenvalue weighted by Gasteiger charge is 2.29. The zero-order valence-corrected chi connectivity index (χ0v) is 20.1. The Hall–Kier alpha value is -2.86. The fourth-order valence-corrected chi connectivity index (χ4v) is 5.05. The van der Waals surface area contributed by atoms with E-state index in [1.165, 1.54) is 36.6 Å². The third-order valence-electron chi connectivity index (χ3n) is 6.90. The molecule has 2 aliphatic rings. The van der Waals surface area contributed by atoms with Crippen molar-refractivity contribution in [3.05, 3.63) is 59.2 Å². The van der Waals surface area contributed by atoms with Crippen molar-refractivity contribution in [2.75, 3.05) is 49.5 Å². The summed E-state index contributed by atoms with van der Waals surface area (Å²) in [7, 11) is 0. The topological polar surface area (TPSA) is 55.9 Å². The smallest absolute Gasteiger partial charge is 0.224 e. The van der Waals surface area contributed by atoms with Crippen LogP contribution in [0.15, 0.2) is 42.5 Å². The highest BCUT2D eigenvalue weighted by Crippen LogP contribution is 2.30. The first-order chi connectivity index (χ1) is 15.9. The van der Waals surface area contributed by atoms with Crippen molar-refractivity contribution in [1.29, 1.82) is 0 Å². The third-order valence-corrected chi connectivity index (χ3v) is 6.90. The van der Waals surface area contributed by atoms with E-state index >= 15 is 0 Å². The van der Waals surface area contributed by atoms with Crippen LogP contribution in [0.4, 0.5) is 11.4 Å². The zero-order valence-electron chi connectivity index (χ0n) is 20.1. The highest BCUT2D eigenvalue weighted by molar-refractivity contribution is 5.88. The van der Waals surface area contributed by atoms with Gasteiger partial charge in [-0.3, -0.25) is 14.5 Å². The first-order valence-corrected chi connectivity index (χ1v) is 12.1. The van der Waals surface area contributed by atoms with E-state index < -0.39 is 0 Å². The van der Waals surface area contributed by atoms with Crippen LogP contribution in [0.25, 0.3) is 0 Å². The summed E-state index contributed by atoms with van der Waals surface area (Å²) in [5.41, 5.74) is 5.79. The number of hydrogen-bond donors (Lipinski definition) is 1. The second-order valence-corrected chi connectivity index (χ2v) is 9.42. The molecule has 2 saturated heterocycles. The molecule has 4 rings (SSSR count). The number of aryl methyl sites for hydroxylation is 2. The van der Waals surface area contributed by atoms with Gasteiger partial charge in [-0.15, -0.1) is 0 Å². The largest absolute Gasteiger partial charge is 0.368 e. The Kier molecular flexibility index (Phi) is 7.33. The fourth-order valence-electron chi connectivity index (χ4n) is 5.05. The summed E-state index contributed by atoms with van der Waals surface area (Å²) in [6.07, 6.45) is 2.87. The molecule has 2 aromatic carbocycles. The first kappa shape index (κ1) is 23.3. The van der Waals surface area contributed by atoms with E-state index in [9.17, 15) is 9.59 Å². The minimum absolute atomic E-state index is 0.0750. The van der Waals surface area contributed by atoms with Gasteiger partial charge in [0.1, 0.15) is 0 Å². The molecule has 1 unspecified atom stereocenters. The van der Waals surface area contributed by atoms with Gasteiger partial charge in [-0.05, 0) is 74.7 Å². The van der Waals surface area contributed by atoms with Gasteiger partial charge in [0.25, 0.3) is 0 Å². The average molecular weight is 449 g/mol. The Balaban J connectivity index is 1.41. The molecule has 2 aromatic rings. The number of rotatable bonds is 6. The normalized spacial score (nSPS) is 17.8. The van der Waals surface area contributed by atoms with E-state index in [2.05, 4.69) is 59.3 Å². The molecule has 2 heterocycles. The lowest BCUT2D eigenvalue weighted by molar-refractivity contribution is -0.132. The first-order valence-electron chi connectivity index (χ1n) is 12.1. The molecule has 1 atom stereocenters. The molecule has 33 heavy (non-hydrogen) atoms. The van der Waals surface area contributed by atoms with Crippen LogP contribution in [0, 0.1) is 13.8 Å². The molecule has 2 aliphatic heterocycles. The van der Waals surface area contributed by atoms with Gasteiger partial charge in [0.15, 0.2) is 0 Å². The Labute approximate surface area is 197 Å². The molecule has 0 bridgehead atoms. The maximum Gasteiger partial charge on any atom is 0.224 e. The van der Waals surface area contributed by atoms with Crippen LogP contribution >= 0.6 is 0 Å². The number of carbonyl (C=O) groups excluding carboxylic acids is 2. The van der Waals surface area contributed by atoms with Crippen molar-refractivity contribution in [1.82, 2.24) is 9.80 Å². The number of carbonyl (C=O) groups is 2. The lowest BCUT2D eigenvalue weighted by Crippen LogP contribution is -2.49. The molecule has 2 amide bonds. The van der Waals surface area contributed by atoms with Crippen LogP contribution in [0.2, 0.25) is 0 Å². The molecule has 0 aromatic heterocycles. The predicted octanol–water partition coefficient (Wildman–Crippen LogP) is 4.14. The quantitative estimate of drug-likeness (QED) is 0.722. The van der Waals surface area contributed by atoms with E-state index in [0.29, 0.717) is 6.42 Å². The van der Waals surface area contributed by atoms with Crippen LogP contribution in [0.5, 0.6) is 0 Å². The molecular weight excluding hydrogens is 412 g/mol. The molecule has 0 aliphatic carbocycles. The Bertz CT molecular complexity index is 974. The summed E-state index contributed by atoms with van der Waals surface area (Å²) in [6, 6.07) is 14.7. The summed E-state index contributed by atoms with van der Waals surface area (Å²) >= 11 is 0. The number of anilines is 2. The van der Waals surface area contributed by atoms with Crippen LogP contribution < -0.4 is 10.2 Å². The fraction of sp³-hybridized carbons (Fsp3) is 0.481. The average Bonchev–Trinajstić information content (AvgIpc) is 3.34. The minimum Gasteiger partial charge on any atom is -0.368 e. The third kappa shape index (κ3) is 5.74. The van der Waals surface area contributed by atoms with Gasteiger partial charge < -0.3 is 15.1 Å². The van der Waals surface area contributed by atoms with E-state index in [1.807, 2.05) is 17.0 Å². The Morgan fingerprint density at radius 1 is 0.909 bits per heavy atom. The van der Waals surface area contributed by atoms with Gasteiger partial charge in [-0.2, -0.15) is 0 Å². The summed E-state index contributed by atoms with van der Waals surface area (Å²) in [4.78, 5) is 31.6. The number of benzene rings is 2. The van der Waals surface area contributed by atoms with Gasteiger partial charge in [0, 0.05) is 56.9 Å². The summed E-state index contributed by atoms with van der Waals surface area (Å²) in [6.45, 7) is 11.1. The molecular formula is C27H36N4O2. The maximum absolute atomic E-state index is 13.3. The van der Waals surface area contributed by atoms with Crippen LogP contribution in [-0.2, 0) is 9.59 Å². The molecule has 6 nitrogen and oxygen atoms in total. The molecule has 2 fully saturated rings. The second kappa shape index (κ2) is 10.4. The van der Waals surface area contributed by atoms with E-state index in [1.54, 1.807) is 0 Å². The van der Waals surface area contributed by atoms with Gasteiger partial charge in [0.2, 0.25) is 11.8 Å². The van der Waals surface area contributed by atoms with Crippen molar-refractivity contribution in [2.45, 2.75) is 46.1 Å². The monoisotopic (exact) mass is 448 g/mol. The molecule has 0 radical (unpaired) electrons. The SMILES string of the molecule is CC(=O)Nc1ccc(C(CC(=O)N2CCN(c3cc(C)ccc3C)CC2)N2CCCC2)cc1. The Morgan fingerprint density at radius 3 is 2.21 bits per heavy atom. The number of likely N-dealkylation sites (tertiary alicyclic amines) is 1. The van der Waals surface area contributed by atoms with Gasteiger partial charge in [0.05, 0.1) is 0 Å². The van der Waals surface area contributed by atoms with Crippen molar-refractivity contribution >= 4 is 23.2 Å². The predicted molar refractivity (Wildman–Crippen MR) is 134 cm³/mol. The van der Waals surface area contributed by atoms with Crippen molar-refractivity contribution in [2.24, 2.45) is 0 Å². The number of piperazine rings is 1. The lowest BCUT2D eigenvalue weighted by atomic mass is 10.0. The lowest BCUT2D eigenvalue weighted by Gasteiger charge is -2.38. The van der Waals surface area contributed by atoms with E-state index in [4.69, 9.17) is 0 Å². The van der Waals surface area contributed by atoms with Crippen LogP contribution in [-0.4, -0.2) is 60.9 Å². The van der Waals surface area contributed by atoms with Crippen LogP contribution in [0.3, 0.4) is 0 Å². The zero-order chi connectivity index (χ0) is 23.4. The van der Waals surface area contributed by atoms with E-state index in [0.717, 1.165) is 50.5 Å². The molecule has 0 spiro atoms. The van der Waals surface area contributed by atoms with Crippen molar-refractivity contribution in [3.63, 3.8) is 0 Å². The van der Waals surface area contributed by atoms with Gasteiger partial charge >= 0.3 is 0 Å². The molecule has 0 saturated carbocycles. The number of amides is 2. The maximum atomic E-state index is 13.3. The van der Waals surface area contributed by atoms with Crippen LogP contribution in [0.1, 0.15) is 48.9 Å². The molecule has 176 valence electrons. The molecule has 6 heteroatoms. The van der Waals surface area contributed by atoms with Gasteiger partial charge in [-0.25, -0.2) is 0 Å².